The number of likely N-dealkylation sites (N-methyl/N-ethyl adjacent to an activating group) is 1. The van der Waals surface area contributed by atoms with Gasteiger partial charge in [-0.3, -0.25) is 4.79 Å². The van der Waals surface area contributed by atoms with Gasteiger partial charge < -0.3 is 14.4 Å². The molecule has 126 valence electrons. The maximum absolute atomic E-state index is 12.6. The lowest BCUT2D eigenvalue weighted by Crippen LogP contribution is -2.44. The average molecular weight is 317 g/mol. The molecule has 1 amide bonds. The molecule has 4 nitrogen and oxygen atoms in total. The Balaban J connectivity index is 1.49. The standard InChI is InChI=1S/C19H27NO3/c1-14(23-13-18-9-5-6-10-22-18)19(21)20(2)17-11-15-7-3-4-8-16(15)12-17/h3-4,7-8,14,17-18H,5-6,9-13H2,1-2H3/t14-,18+/m0/s1. The Kier molecular flexibility index (Phi) is 5.34. The number of hydrogen-bond donors (Lipinski definition) is 0. The Bertz CT molecular complexity index is 514. The average Bonchev–Trinajstić information content (AvgIpc) is 3.03. The summed E-state index contributed by atoms with van der Waals surface area (Å²) in [6.07, 6.45) is 4.99. The molecule has 0 radical (unpaired) electrons. The summed E-state index contributed by atoms with van der Waals surface area (Å²) in [6.45, 7) is 3.19. The molecule has 1 aromatic rings. The lowest BCUT2D eigenvalue weighted by atomic mass is 10.1. The van der Waals surface area contributed by atoms with Gasteiger partial charge >= 0.3 is 0 Å². The number of carbonyl (C=O) groups excluding carboxylic acids is 1. The van der Waals surface area contributed by atoms with Crippen LogP contribution in [0.2, 0.25) is 0 Å². The molecule has 1 aliphatic carbocycles. The van der Waals surface area contributed by atoms with Crippen LogP contribution in [0.4, 0.5) is 0 Å². The van der Waals surface area contributed by atoms with Crippen LogP contribution in [0.3, 0.4) is 0 Å². The van der Waals surface area contributed by atoms with Gasteiger partial charge in [-0.2, -0.15) is 0 Å². The highest BCUT2D eigenvalue weighted by atomic mass is 16.5. The predicted molar refractivity (Wildman–Crippen MR) is 89.4 cm³/mol. The molecule has 1 aromatic carbocycles. The number of hydrogen-bond acceptors (Lipinski definition) is 3. The van der Waals surface area contributed by atoms with E-state index in [0.717, 1.165) is 32.3 Å². The molecule has 2 aliphatic rings. The van der Waals surface area contributed by atoms with E-state index < -0.39 is 6.10 Å². The minimum absolute atomic E-state index is 0.0682. The molecule has 4 heteroatoms. The first-order valence-electron chi connectivity index (χ1n) is 8.72. The van der Waals surface area contributed by atoms with Crippen LogP contribution in [0.1, 0.15) is 37.3 Å². The molecule has 2 atom stereocenters. The zero-order valence-electron chi connectivity index (χ0n) is 14.2. The van der Waals surface area contributed by atoms with Gasteiger partial charge in [-0.05, 0) is 50.2 Å². The van der Waals surface area contributed by atoms with E-state index in [0.29, 0.717) is 6.61 Å². The third kappa shape index (κ3) is 3.93. The summed E-state index contributed by atoms with van der Waals surface area (Å²) >= 11 is 0. The number of nitrogens with zero attached hydrogens (tertiary/aromatic N) is 1. The van der Waals surface area contributed by atoms with Crippen molar-refractivity contribution < 1.29 is 14.3 Å². The Morgan fingerprint density at radius 3 is 2.61 bits per heavy atom. The van der Waals surface area contributed by atoms with Crippen molar-refractivity contribution in [2.75, 3.05) is 20.3 Å². The van der Waals surface area contributed by atoms with Crippen molar-refractivity contribution >= 4 is 5.91 Å². The maximum atomic E-state index is 12.6. The normalized spacial score (nSPS) is 22.6. The number of benzene rings is 1. The second kappa shape index (κ2) is 7.45. The third-order valence-corrected chi connectivity index (χ3v) is 5.08. The summed E-state index contributed by atoms with van der Waals surface area (Å²) in [4.78, 5) is 14.5. The Labute approximate surface area is 138 Å². The highest BCUT2D eigenvalue weighted by Crippen LogP contribution is 2.25. The third-order valence-electron chi connectivity index (χ3n) is 5.08. The van der Waals surface area contributed by atoms with Gasteiger partial charge in [0.05, 0.1) is 12.7 Å². The second-order valence-corrected chi connectivity index (χ2v) is 6.74. The molecule has 1 heterocycles. The van der Waals surface area contributed by atoms with E-state index in [4.69, 9.17) is 9.47 Å². The van der Waals surface area contributed by atoms with Crippen LogP contribution in [-0.4, -0.2) is 49.3 Å². The summed E-state index contributed by atoms with van der Waals surface area (Å²) < 4.78 is 11.4. The fraction of sp³-hybridized carbons (Fsp3) is 0.632. The summed E-state index contributed by atoms with van der Waals surface area (Å²) in [5.74, 6) is 0.0682. The minimum atomic E-state index is -0.408. The van der Waals surface area contributed by atoms with Gasteiger partial charge in [0.1, 0.15) is 6.10 Å². The van der Waals surface area contributed by atoms with Crippen LogP contribution < -0.4 is 0 Å². The van der Waals surface area contributed by atoms with Gasteiger partial charge in [0.15, 0.2) is 0 Å². The zero-order valence-corrected chi connectivity index (χ0v) is 14.2. The van der Waals surface area contributed by atoms with Crippen LogP contribution >= 0.6 is 0 Å². The van der Waals surface area contributed by atoms with Gasteiger partial charge in [-0.1, -0.05) is 24.3 Å². The van der Waals surface area contributed by atoms with E-state index in [-0.39, 0.29) is 18.1 Å². The van der Waals surface area contributed by atoms with E-state index in [1.807, 2.05) is 18.9 Å². The highest BCUT2D eigenvalue weighted by molar-refractivity contribution is 5.80. The molecule has 3 rings (SSSR count). The second-order valence-electron chi connectivity index (χ2n) is 6.74. The van der Waals surface area contributed by atoms with Gasteiger partial charge in [0, 0.05) is 19.7 Å². The summed E-state index contributed by atoms with van der Waals surface area (Å²) in [5.41, 5.74) is 2.72. The largest absolute Gasteiger partial charge is 0.376 e. The van der Waals surface area contributed by atoms with Gasteiger partial charge in [-0.25, -0.2) is 0 Å². The molecule has 0 saturated carbocycles. The number of amides is 1. The fourth-order valence-corrected chi connectivity index (χ4v) is 3.54. The monoisotopic (exact) mass is 317 g/mol. The van der Waals surface area contributed by atoms with Crippen LogP contribution in [-0.2, 0) is 27.1 Å². The summed E-state index contributed by atoms with van der Waals surface area (Å²) in [5, 5.41) is 0. The van der Waals surface area contributed by atoms with Crippen LogP contribution in [0, 0.1) is 0 Å². The van der Waals surface area contributed by atoms with Crippen molar-refractivity contribution in [3.63, 3.8) is 0 Å². The summed E-state index contributed by atoms with van der Waals surface area (Å²) in [6, 6.07) is 8.71. The van der Waals surface area contributed by atoms with Gasteiger partial charge in [0.25, 0.3) is 5.91 Å². The minimum Gasteiger partial charge on any atom is -0.376 e. The zero-order chi connectivity index (χ0) is 16.2. The van der Waals surface area contributed by atoms with E-state index in [9.17, 15) is 4.79 Å². The molecule has 0 unspecified atom stereocenters. The fourth-order valence-electron chi connectivity index (χ4n) is 3.54. The maximum Gasteiger partial charge on any atom is 0.251 e. The van der Waals surface area contributed by atoms with Gasteiger partial charge in [-0.15, -0.1) is 0 Å². The first kappa shape index (κ1) is 16.5. The van der Waals surface area contributed by atoms with Gasteiger partial charge in [0.2, 0.25) is 0 Å². The molecule has 0 bridgehead atoms. The molecule has 23 heavy (non-hydrogen) atoms. The number of ether oxygens (including phenoxy) is 2. The predicted octanol–water partition coefficient (Wildman–Crippen LogP) is 2.59. The number of rotatable bonds is 5. The van der Waals surface area contributed by atoms with Crippen molar-refractivity contribution in [3.05, 3.63) is 35.4 Å². The smallest absolute Gasteiger partial charge is 0.251 e. The van der Waals surface area contributed by atoms with Crippen molar-refractivity contribution in [3.8, 4) is 0 Å². The first-order valence-corrected chi connectivity index (χ1v) is 8.72. The van der Waals surface area contributed by atoms with E-state index in [1.54, 1.807) is 0 Å². The molecule has 1 aliphatic heterocycles. The highest BCUT2D eigenvalue weighted by Gasteiger charge is 2.30. The molecule has 0 N–H and O–H groups in total. The molecular weight excluding hydrogens is 290 g/mol. The van der Waals surface area contributed by atoms with Crippen molar-refractivity contribution in [1.29, 1.82) is 0 Å². The van der Waals surface area contributed by atoms with E-state index in [2.05, 4.69) is 24.3 Å². The molecule has 0 aromatic heterocycles. The van der Waals surface area contributed by atoms with E-state index in [1.165, 1.54) is 17.5 Å². The van der Waals surface area contributed by atoms with Crippen LogP contribution in [0.25, 0.3) is 0 Å². The lowest BCUT2D eigenvalue weighted by Gasteiger charge is -2.29. The number of fused-ring (bicyclic) bond motifs is 1. The van der Waals surface area contributed by atoms with E-state index >= 15 is 0 Å². The quantitative estimate of drug-likeness (QED) is 0.838. The first-order chi connectivity index (χ1) is 11.1. The molecular formula is C19H27NO3. The van der Waals surface area contributed by atoms with Crippen molar-refractivity contribution in [2.24, 2.45) is 0 Å². The lowest BCUT2D eigenvalue weighted by molar-refractivity contribution is -0.146. The summed E-state index contributed by atoms with van der Waals surface area (Å²) in [7, 11) is 1.90. The SMILES string of the molecule is C[C@H](OC[C@H]1CCCCO1)C(=O)N(C)C1Cc2ccccc2C1. The van der Waals surface area contributed by atoms with Crippen molar-refractivity contribution in [2.45, 2.75) is 57.3 Å². The van der Waals surface area contributed by atoms with Crippen molar-refractivity contribution in [1.82, 2.24) is 4.90 Å². The topological polar surface area (TPSA) is 38.8 Å². The molecule has 1 fully saturated rings. The Morgan fingerprint density at radius 1 is 1.30 bits per heavy atom. The Morgan fingerprint density at radius 2 is 2.00 bits per heavy atom. The molecule has 1 saturated heterocycles. The van der Waals surface area contributed by atoms with Crippen LogP contribution in [0.15, 0.2) is 24.3 Å². The Hall–Kier alpha value is -1.39. The molecule has 0 spiro atoms. The van der Waals surface area contributed by atoms with Crippen LogP contribution in [0.5, 0.6) is 0 Å². The number of carbonyl (C=O) groups is 1.